The Hall–Kier alpha value is -0.780. The predicted molar refractivity (Wildman–Crippen MR) is 89.1 cm³/mol. The van der Waals surface area contributed by atoms with Crippen LogP contribution in [0.4, 0.5) is 11.8 Å². The molecule has 116 valence electrons. The molecule has 7 heteroatoms. The van der Waals surface area contributed by atoms with E-state index in [-0.39, 0.29) is 24.8 Å². The van der Waals surface area contributed by atoms with Crippen LogP contribution in [0.5, 0.6) is 0 Å². The maximum absolute atomic E-state index is 5.82. The smallest absolute Gasteiger partial charge is 0.222 e. The van der Waals surface area contributed by atoms with Gasteiger partial charge in [-0.2, -0.15) is 4.98 Å². The highest BCUT2D eigenvalue weighted by atomic mass is 35.5. The SMILES string of the molecule is CCCCN(C)c1cc(C2CC(N)C2)nc(N)n1.Cl.Cl. The second-order valence-electron chi connectivity index (χ2n) is 5.21. The zero-order chi connectivity index (χ0) is 13.1. The molecule has 0 saturated heterocycles. The molecule has 2 rings (SSSR count). The van der Waals surface area contributed by atoms with Gasteiger partial charge >= 0.3 is 0 Å². The van der Waals surface area contributed by atoms with Gasteiger partial charge in [-0.1, -0.05) is 13.3 Å². The summed E-state index contributed by atoms with van der Waals surface area (Å²) in [6.45, 7) is 3.18. The third kappa shape index (κ3) is 4.65. The van der Waals surface area contributed by atoms with Gasteiger partial charge in [0.25, 0.3) is 0 Å². The van der Waals surface area contributed by atoms with Gasteiger partial charge in [0.05, 0.1) is 5.69 Å². The number of nitrogens with zero attached hydrogens (tertiary/aromatic N) is 3. The quantitative estimate of drug-likeness (QED) is 0.870. The Labute approximate surface area is 133 Å². The first-order valence-electron chi connectivity index (χ1n) is 6.71. The Balaban J connectivity index is 0.00000180. The number of hydrogen-bond donors (Lipinski definition) is 2. The van der Waals surface area contributed by atoms with Gasteiger partial charge < -0.3 is 16.4 Å². The van der Waals surface area contributed by atoms with Crippen LogP contribution in [0.2, 0.25) is 0 Å². The van der Waals surface area contributed by atoms with Crippen molar-refractivity contribution in [3.63, 3.8) is 0 Å². The lowest BCUT2D eigenvalue weighted by molar-refractivity contribution is 0.345. The molecule has 0 unspecified atom stereocenters. The fourth-order valence-corrected chi connectivity index (χ4v) is 2.29. The van der Waals surface area contributed by atoms with Gasteiger partial charge in [0.2, 0.25) is 5.95 Å². The number of nitrogens with two attached hydrogens (primary N) is 2. The molecule has 1 aliphatic carbocycles. The maximum atomic E-state index is 5.82. The predicted octanol–water partition coefficient (Wildman–Crippen LogP) is 2.34. The molecule has 0 atom stereocenters. The number of rotatable bonds is 5. The third-order valence-electron chi connectivity index (χ3n) is 3.58. The standard InChI is InChI=1S/C13H23N5.2ClH/c1-3-4-5-18(2)12-8-11(16-13(15)17-12)9-6-10(14)7-9;;/h8-10H,3-7,14H2,1-2H3,(H2,15,16,17);2*1H. The third-order valence-corrected chi connectivity index (χ3v) is 3.58. The summed E-state index contributed by atoms with van der Waals surface area (Å²) in [5.41, 5.74) is 12.7. The lowest BCUT2D eigenvalue weighted by Crippen LogP contribution is -2.35. The van der Waals surface area contributed by atoms with E-state index in [0.29, 0.717) is 17.9 Å². The lowest BCUT2D eigenvalue weighted by atomic mass is 9.78. The van der Waals surface area contributed by atoms with Crippen molar-refractivity contribution in [1.82, 2.24) is 9.97 Å². The molecule has 1 aromatic heterocycles. The molecule has 1 saturated carbocycles. The molecule has 0 aliphatic heterocycles. The molecule has 1 aliphatic rings. The average Bonchev–Trinajstić information content (AvgIpc) is 2.31. The molecule has 1 fully saturated rings. The van der Waals surface area contributed by atoms with Crippen LogP contribution in [-0.4, -0.2) is 29.6 Å². The molecule has 20 heavy (non-hydrogen) atoms. The fraction of sp³-hybridized carbons (Fsp3) is 0.692. The van der Waals surface area contributed by atoms with E-state index in [0.717, 1.165) is 37.3 Å². The minimum Gasteiger partial charge on any atom is -0.368 e. The molecule has 0 radical (unpaired) electrons. The van der Waals surface area contributed by atoms with Crippen LogP contribution in [-0.2, 0) is 0 Å². The van der Waals surface area contributed by atoms with Crippen molar-refractivity contribution in [3.8, 4) is 0 Å². The summed E-state index contributed by atoms with van der Waals surface area (Å²) in [7, 11) is 2.05. The van der Waals surface area contributed by atoms with Crippen LogP contribution in [0.3, 0.4) is 0 Å². The molecule has 0 bridgehead atoms. The Bertz CT molecular complexity index is 410. The van der Waals surface area contributed by atoms with Crippen molar-refractivity contribution in [2.45, 2.75) is 44.6 Å². The minimum absolute atomic E-state index is 0. The Morgan fingerprint density at radius 2 is 1.95 bits per heavy atom. The summed E-state index contributed by atoms with van der Waals surface area (Å²) in [5, 5.41) is 0. The number of unbranched alkanes of at least 4 members (excludes halogenated alkanes) is 1. The highest BCUT2D eigenvalue weighted by molar-refractivity contribution is 5.85. The molecule has 5 nitrogen and oxygen atoms in total. The summed E-state index contributed by atoms with van der Waals surface area (Å²) in [5.74, 6) is 1.75. The number of halogens is 2. The van der Waals surface area contributed by atoms with E-state index in [9.17, 15) is 0 Å². The van der Waals surface area contributed by atoms with Crippen LogP contribution in [0, 0.1) is 0 Å². The highest BCUT2D eigenvalue weighted by Gasteiger charge is 2.29. The first-order chi connectivity index (χ1) is 8.60. The van der Waals surface area contributed by atoms with Gasteiger partial charge in [-0.25, -0.2) is 4.98 Å². The number of anilines is 2. The Morgan fingerprint density at radius 1 is 1.30 bits per heavy atom. The van der Waals surface area contributed by atoms with Gasteiger partial charge in [0.15, 0.2) is 0 Å². The summed E-state index contributed by atoms with van der Waals surface area (Å²) in [4.78, 5) is 10.8. The molecule has 1 heterocycles. The largest absolute Gasteiger partial charge is 0.368 e. The molecular weight excluding hydrogens is 297 g/mol. The summed E-state index contributed by atoms with van der Waals surface area (Å²) in [6.07, 6.45) is 4.35. The van der Waals surface area contributed by atoms with E-state index >= 15 is 0 Å². The van der Waals surface area contributed by atoms with E-state index in [1.165, 1.54) is 6.42 Å². The number of hydrogen-bond acceptors (Lipinski definition) is 5. The average molecular weight is 322 g/mol. The van der Waals surface area contributed by atoms with Crippen molar-refractivity contribution >= 4 is 36.6 Å². The number of aromatic nitrogens is 2. The molecule has 0 aromatic carbocycles. The van der Waals surface area contributed by atoms with Crippen molar-refractivity contribution in [2.24, 2.45) is 5.73 Å². The summed E-state index contributed by atoms with van der Waals surface area (Å²) in [6, 6.07) is 2.38. The van der Waals surface area contributed by atoms with Gasteiger partial charge in [0, 0.05) is 31.6 Å². The van der Waals surface area contributed by atoms with Crippen LogP contribution in [0.25, 0.3) is 0 Å². The van der Waals surface area contributed by atoms with Gasteiger partial charge in [0.1, 0.15) is 5.82 Å². The van der Waals surface area contributed by atoms with E-state index in [1.807, 2.05) is 7.05 Å². The first-order valence-corrected chi connectivity index (χ1v) is 6.71. The van der Waals surface area contributed by atoms with Crippen LogP contribution >= 0.6 is 24.8 Å². The number of nitrogen functional groups attached to an aromatic ring is 1. The van der Waals surface area contributed by atoms with E-state index in [1.54, 1.807) is 0 Å². The maximum Gasteiger partial charge on any atom is 0.222 e. The van der Waals surface area contributed by atoms with E-state index in [2.05, 4.69) is 27.9 Å². The first kappa shape index (κ1) is 19.2. The van der Waals surface area contributed by atoms with Crippen molar-refractivity contribution in [3.05, 3.63) is 11.8 Å². The van der Waals surface area contributed by atoms with Gasteiger partial charge in [-0.3, -0.25) is 0 Å². The second-order valence-corrected chi connectivity index (χ2v) is 5.21. The van der Waals surface area contributed by atoms with Crippen molar-refractivity contribution in [2.75, 3.05) is 24.2 Å². The van der Waals surface area contributed by atoms with Crippen LogP contribution < -0.4 is 16.4 Å². The highest BCUT2D eigenvalue weighted by Crippen LogP contribution is 2.35. The zero-order valence-electron chi connectivity index (χ0n) is 12.1. The van der Waals surface area contributed by atoms with Crippen molar-refractivity contribution in [1.29, 1.82) is 0 Å². The summed E-state index contributed by atoms with van der Waals surface area (Å²) >= 11 is 0. The van der Waals surface area contributed by atoms with Crippen LogP contribution in [0.15, 0.2) is 6.07 Å². The Morgan fingerprint density at radius 3 is 2.50 bits per heavy atom. The molecular formula is C13H25Cl2N5. The van der Waals surface area contributed by atoms with Crippen LogP contribution in [0.1, 0.15) is 44.2 Å². The Kier molecular flexibility index (Phi) is 8.16. The van der Waals surface area contributed by atoms with Crippen molar-refractivity contribution < 1.29 is 0 Å². The van der Waals surface area contributed by atoms with E-state index < -0.39 is 0 Å². The molecule has 1 aromatic rings. The monoisotopic (exact) mass is 321 g/mol. The normalized spacial score (nSPS) is 20.4. The van der Waals surface area contributed by atoms with Gasteiger partial charge in [-0.15, -0.1) is 24.8 Å². The van der Waals surface area contributed by atoms with E-state index in [4.69, 9.17) is 11.5 Å². The minimum atomic E-state index is 0. The summed E-state index contributed by atoms with van der Waals surface area (Å²) < 4.78 is 0. The molecule has 0 amide bonds. The second kappa shape index (κ2) is 8.49. The van der Waals surface area contributed by atoms with Gasteiger partial charge in [-0.05, 0) is 19.3 Å². The topological polar surface area (TPSA) is 81.1 Å². The molecule has 0 spiro atoms. The zero-order valence-corrected chi connectivity index (χ0v) is 13.7. The fourth-order valence-electron chi connectivity index (χ4n) is 2.29. The lowest BCUT2D eigenvalue weighted by Gasteiger charge is -2.32. The molecule has 4 N–H and O–H groups in total.